The first-order valence-electron chi connectivity index (χ1n) is 7.85. The van der Waals surface area contributed by atoms with Crippen LogP contribution in [0.1, 0.15) is 38.5 Å². The zero-order chi connectivity index (χ0) is 20.0. The Morgan fingerprint density at radius 1 is 0.923 bits per heavy atom. The SMILES string of the molecule is CS(=O)(=O)C(S(=O)(=O)C(F)(F)F)S(=O)(=O)C12CC3CC(CC(F)(C3)C1)C2. The highest BCUT2D eigenvalue weighted by molar-refractivity contribution is 8.24. The van der Waals surface area contributed by atoms with Crippen molar-refractivity contribution in [3.05, 3.63) is 0 Å². The molecule has 6 nitrogen and oxygen atoms in total. The first-order chi connectivity index (χ1) is 11.4. The van der Waals surface area contributed by atoms with Crippen LogP contribution < -0.4 is 0 Å². The molecular formula is C13H18F4O6S3. The Kier molecular flexibility index (Phi) is 4.17. The van der Waals surface area contributed by atoms with Crippen molar-refractivity contribution in [2.24, 2.45) is 11.8 Å². The van der Waals surface area contributed by atoms with Gasteiger partial charge in [-0.2, -0.15) is 13.2 Å². The molecule has 0 aliphatic heterocycles. The average Bonchev–Trinajstić information content (AvgIpc) is 2.30. The standard InChI is InChI=1S/C13H18F4O6S3/c1-24(18,19)10(26(22,23)13(15,16)17)25(20,21)12-5-8-2-9(6-12)4-11(14,3-8)7-12/h8-10H,2-7H2,1H3. The Balaban J connectivity index is 2.20. The van der Waals surface area contributed by atoms with E-state index in [1.807, 2.05) is 0 Å². The van der Waals surface area contributed by atoms with E-state index in [0.717, 1.165) is 0 Å². The molecule has 152 valence electrons. The van der Waals surface area contributed by atoms with Gasteiger partial charge in [-0.3, -0.25) is 0 Å². The lowest BCUT2D eigenvalue weighted by atomic mass is 9.54. The summed E-state index contributed by atoms with van der Waals surface area (Å²) in [6, 6.07) is 0. The third-order valence-corrected chi connectivity index (χ3v) is 14.9. The molecule has 0 aromatic carbocycles. The Morgan fingerprint density at radius 3 is 1.73 bits per heavy atom. The molecule has 0 amide bonds. The number of hydrogen-bond donors (Lipinski definition) is 0. The molecule has 0 N–H and O–H groups in total. The van der Waals surface area contributed by atoms with E-state index in [1.165, 1.54) is 0 Å². The maximum Gasteiger partial charge on any atom is 0.499 e. The van der Waals surface area contributed by atoms with Gasteiger partial charge in [0.1, 0.15) is 5.67 Å². The zero-order valence-electron chi connectivity index (χ0n) is 13.7. The van der Waals surface area contributed by atoms with Gasteiger partial charge in [0.25, 0.3) is 13.8 Å². The largest absolute Gasteiger partial charge is 0.499 e. The molecule has 26 heavy (non-hydrogen) atoms. The van der Waals surface area contributed by atoms with Crippen LogP contribution >= 0.6 is 0 Å². The molecule has 4 bridgehead atoms. The normalized spacial score (nSPS) is 39.1. The molecule has 0 saturated heterocycles. The van der Waals surface area contributed by atoms with Gasteiger partial charge in [0, 0.05) is 12.7 Å². The van der Waals surface area contributed by atoms with Gasteiger partial charge in [0.05, 0.1) is 4.75 Å². The molecule has 13 heteroatoms. The molecule has 0 radical (unpaired) electrons. The van der Waals surface area contributed by atoms with E-state index in [4.69, 9.17) is 0 Å². The number of rotatable bonds is 4. The van der Waals surface area contributed by atoms with Crippen LogP contribution in [0.3, 0.4) is 0 Å². The molecule has 3 unspecified atom stereocenters. The summed E-state index contributed by atoms with van der Waals surface area (Å²) in [7, 11) is -17.2. The van der Waals surface area contributed by atoms with Crippen molar-refractivity contribution in [1.82, 2.24) is 0 Å². The summed E-state index contributed by atoms with van der Waals surface area (Å²) >= 11 is 0. The average molecular weight is 442 g/mol. The molecule has 4 aliphatic rings. The van der Waals surface area contributed by atoms with Crippen LogP contribution in [-0.4, -0.2) is 51.3 Å². The fourth-order valence-corrected chi connectivity index (χ4v) is 14.3. The van der Waals surface area contributed by atoms with Crippen LogP contribution in [0.2, 0.25) is 0 Å². The van der Waals surface area contributed by atoms with E-state index in [-0.39, 0.29) is 31.9 Å². The molecule has 4 saturated carbocycles. The Hall–Kier alpha value is -0.430. The Morgan fingerprint density at radius 2 is 1.38 bits per heavy atom. The van der Waals surface area contributed by atoms with Gasteiger partial charge >= 0.3 is 5.51 Å². The van der Waals surface area contributed by atoms with Crippen molar-refractivity contribution < 1.29 is 42.8 Å². The molecule has 0 aromatic rings. The molecule has 4 aliphatic carbocycles. The second-order valence-electron chi connectivity index (χ2n) is 7.95. The van der Waals surface area contributed by atoms with Gasteiger partial charge in [-0.05, 0) is 43.9 Å². The fourth-order valence-electron chi connectivity index (χ4n) is 5.34. The predicted octanol–water partition coefficient (Wildman–Crippen LogP) is 1.72. The monoisotopic (exact) mass is 442 g/mol. The number of alkyl halides is 4. The maximum absolute atomic E-state index is 15.0. The molecule has 0 spiro atoms. The van der Waals surface area contributed by atoms with Gasteiger partial charge in [0.2, 0.25) is 0 Å². The predicted molar refractivity (Wildman–Crippen MR) is 83.8 cm³/mol. The lowest BCUT2D eigenvalue weighted by Crippen LogP contribution is -2.63. The second-order valence-corrected chi connectivity index (χ2v) is 15.4. The van der Waals surface area contributed by atoms with Crippen LogP contribution in [0.25, 0.3) is 0 Å². The third kappa shape index (κ3) is 2.79. The molecule has 0 aromatic heterocycles. The van der Waals surface area contributed by atoms with E-state index in [0.29, 0.717) is 6.42 Å². The minimum Gasteiger partial charge on any atom is -0.244 e. The quantitative estimate of drug-likeness (QED) is 0.615. The van der Waals surface area contributed by atoms with Crippen molar-refractivity contribution >= 4 is 29.5 Å². The fraction of sp³-hybridized carbons (Fsp3) is 1.00. The molecule has 0 heterocycles. The summed E-state index contributed by atoms with van der Waals surface area (Å²) in [6.45, 7) is 0. The van der Waals surface area contributed by atoms with Crippen LogP contribution in [-0.2, 0) is 29.5 Å². The van der Waals surface area contributed by atoms with Crippen LogP contribution in [0.4, 0.5) is 17.6 Å². The van der Waals surface area contributed by atoms with E-state index < -0.39 is 67.6 Å². The minimum atomic E-state index is -6.57. The highest BCUT2D eigenvalue weighted by atomic mass is 32.3. The van der Waals surface area contributed by atoms with Gasteiger partial charge in [-0.15, -0.1) is 0 Å². The summed E-state index contributed by atoms with van der Waals surface area (Å²) < 4.78 is 122. The van der Waals surface area contributed by atoms with Crippen LogP contribution in [0.5, 0.6) is 0 Å². The van der Waals surface area contributed by atoms with E-state index in [9.17, 15) is 42.8 Å². The van der Waals surface area contributed by atoms with Crippen LogP contribution in [0, 0.1) is 11.8 Å². The van der Waals surface area contributed by atoms with Crippen molar-refractivity contribution in [2.45, 2.75) is 58.4 Å². The second kappa shape index (κ2) is 5.34. The van der Waals surface area contributed by atoms with Gasteiger partial charge in [-0.25, -0.2) is 29.6 Å². The number of sulfone groups is 3. The topological polar surface area (TPSA) is 102 Å². The molecule has 4 fully saturated rings. The van der Waals surface area contributed by atoms with E-state index in [1.54, 1.807) is 0 Å². The lowest BCUT2D eigenvalue weighted by molar-refractivity contribution is -0.0622. The summed E-state index contributed by atoms with van der Waals surface area (Å²) in [6.07, 6.45) is -0.294. The first-order valence-corrected chi connectivity index (χ1v) is 12.9. The maximum atomic E-state index is 15.0. The Bertz CT molecular complexity index is 921. The summed E-state index contributed by atoms with van der Waals surface area (Å²) in [5.74, 6) is -0.824. The van der Waals surface area contributed by atoms with Gasteiger partial charge in [-0.1, -0.05) is 0 Å². The van der Waals surface area contributed by atoms with E-state index in [2.05, 4.69) is 0 Å². The molecular weight excluding hydrogens is 424 g/mol. The number of hydrogen-bond acceptors (Lipinski definition) is 6. The molecule has 4 rings (SSSR count). The Labute approximate surface area is 149 Å². The smallest absolute Gasteiger partial charge is 0.244 e. The highest BCUT2D eigenvalue weighted by Gasteiger charge is 2.70. The van der Waals surface area contributed by atoms with Gasteiger partial charge < -0.3 is 0 Å². The van der Waals surface area contributed by atoms with Gasteiger partial charge in [0.15, 0.2) is 19.7 Å². The first kappa shape index (κ1) is 20.3. The third-order valence-electron chi connectivity index (χ3n) is 5.72. The van der Waals surface area contributed by atoms with Crippen molar-refractivity contribution in [2.75, 3.05) is 6.26 Å². The van der Waals surface area contributed by atoms with Crippen LogP contribution in [0.15, 0.2) is 0 Å². The van der Waals surface area contributed by atoms with Crippen molar-refractivity contribution in [3.8, 4) is 0 Å². The van der Waals surface area contributed by atoms with Crippen molar-refractivity contribution in [1.29, 1.82) is 0 Å². The minimum absolute atomic E-state index is 0.0658. The lowest BCUT2D eigenvalue weighted by Gasteiger charge is -2.58. The zero-order valence-corrected chi connectivity index (χ0v) is 16.1. The van der Waals surface area contributed by atoms with Crippen molar-refractivity contribution in [3.63, 3.8) is 0 Å². The molecule has 3 atom stereocenters. The number of halogens is 4. The van der Waals surface area contributed by atoms with E-state index >= 15 is 0 Å². The summed E-state index contributed by atoms with van der Waals surface area (Å²) in [5.41, 5.74) is -7.98. The summed E-state index contributed by atoms with van der Waals surface area (Å²) in [5, 5.41) is 0. The highest BCUT2D eigenvalue weighted by Crippen LogP contribution is 2.62. The summed E-state index contributed by atoms with van der Waals surface area (Å²) in [4.78, 5) is 0.